The van der Waals surface area contributed by atoms with Crippen molar-refractivity contribution in [1.82, 2.24) is 14.6 Å². The van der Waals surface area contributed by atoms with Crippen LogP contribution >= 0.6 is 12.2 Å². The summed E-state index contributed by atoms with van der Waals surface area (Å²) in [5.41, 5.74) is 4.22. The molecular weight excluding hydrogens is 266 g/mol. The van der Waals surface area contributed by atoms with Gasteiger partial charge < -0.3 is 0 Å². The van der Waals surface area contributed by atoms with Crippen LogP contribution in [0.3, 0.4) is 0 Å². The van der Waals surface area contributed by atoms with E-state index in [2.05, 4.69) is 23.3 Å². The largest absolute Gasteiger partial charge is 0.295 e. The minimum absolute atomic E-state index is 0.659. The van der Waals surface area contributed by atoms with Gasteiger partial charge >= 0.3 is 0 Å². The molecule has 3 aromatic rings. The van der Waals surface area contributed by atoms with E-state index in [1.165, 1.54) is 25.0 Å². The van der Waals surface area contributed by atoms with Gasteiger partial charge in [0.2, 0.25) is 0 Å². The fourth-order valence-corrected chi connectivity index (χ4v) is 2.95. The van der Waals surface area contributed by atoms with Crippen LogP contribution in [0.4, 0.5) is 0 Å². The lowest BCUT2D eigenvalue weighted by Gasteiger charge is -2.23. The van der Waals surface area contributed by atoms with Gasteiger partial charge in [-0.15, -0.1) is 0 Å². The van der Waals surface area contributed by atoms with Crippen molar-refractivity contribution < 1.29 is 0 Å². The first-order valence-corrected chi connectivity index (χ1v) is 7.40. The molecule has 0 atom stereocenters. The van der Waals surface area contributed by atoms with Crippen LogP contribution in [-0.2, 0) is 0 Å². The molecule has 0 bridgehead atoms. The van der Waals surface area contributed by atoms with Crippen molar-refractivity contribution in [1.29, 1.82) is 0 Å². The average molecular weight is 281 g/mol. The zero-order valence-electron chi connectivity index (χ0n) is 11.0. The second kappa shape index (κ2) is 4.56. The van der Waals surface area contributed by atoms with E-state index in [0.717, 1.165) is 21.5 Å². The number of aromatic amines is 1. The summed E-state index contributed by atoms with van der Waals surface area (Å²) in [5.74, 6) is 0.659. The Bertz CT molecular complexity index is 813. The molecule has 0 unspecified atom stereocenters. The first kappa shape index (κ1) is 11.9. The van der Waals surface area contributed by atoms with Crippen LogP contribution in [0.15, 0.2) is 42.5 Å². The molecule has 1 aliphatic rings. The zero-order chi connectivity index (χ0) is 13.5. The van der Waals surface area contributed by atoms with E-state index < -0.39 is 0 Å². The quantitative estimate of drug-likeness (QED) is 0.709. The van der Waals surface area contributed by atoms with E-state index in [1.807, 2.05) is 28.8 Å². The second-order valence-corrected chi connectivity index (χ2v) is 5.80. The maximum atomic E-state index is 5.49. The Hall–Kier alpha value is -1.94. The van der Waals surface area contributed by atoms with Crippen LogP contribution in [-0.4, -0.2) is 14.6 Å². The Morgan fingerprint density at radius 3 is 2.65 bits per heavy atom. The predicted molar refractivity (Wildman–Crippen MR) is 82.4 cm³/mol. The van der Waals surface area contributed by atoms with E-state index >= 15 is 0 Å². The molecular formula is C16H15N3S. The maximum absolute atomic E-state index is 5.49. The summed E-state index contributed by atoms with van der Waals surface area (Å²) < 4.78 is 2.69. The van der Waals surface area contributed by atoms with Crippen molar-refractivity contribution in [3.05, 3.63) is 52.8 Å². The lowest BCUT2D eigenvalue weighted by molar-refractivity contribution is 0.409. The normalized spacial score (nSPS) is 15.4. The van der Waals surface area contributed by atoms with Gasteiger partial charge in [0.1, 0.15) is 4.64 Å². The minimum Gasteiger partial charge on any atom is -0.295 e. The van der Waals surface area contributed by atoms with Gasteiger partial charge in [-0.25, -0.2) is 9.50 Å². The van der Waals surface area contributed by atoms with Crippen molar-refractivity contribution >= 4 is 17.9 Å². The van der Waals surface area contributed by atoms with Gasteiger partial charge in [0.25, 0.3) is 0 Å². The van der Waals surface area contributed by atoms with Crippen molar-refractivity contribution in [3.63, 3.8) is 0 Å². The molecule has 4 rings (SSSR count). The third-order valence-corrected chi connectivity index (χ3v) is 4.39. The number of fused-ring (bicyclic) bond motifs is 1. The Balaban J connectivity index is 1.87. The summed E-state index contributed by atoms with van der Waals surface area (Å²) in [6.45, 7) is 0. The maximum Gasteiger partial charge on any atom is 0.155 e. The fraction of sp³-hybridized carbons (Fsp3) is 0.250. The molecule has 100 valence electrons. The Morgan fingerprint density at radius 2 is 1.95 bits per heavy atom. The van der Waals surface area contributed by atoms with Crippen molar-refractivity contribution in [2.45, 2.75) is 25.2 Å². The Labute approximate surface area is 122 Å². The topological polar surface area (TPSA) is 33.1 Å². The molecule has 4 heteroatoms. The lowest BCUT2D eigenvalue weighted by atomic mass is 9.83. The number of nitrogens with one attached hydrogen (secondary N) is 1. The zero-order valence-corrected chi connectivity index (χ0v) is 11.9. The van der Waals surface area contributed by atoms with E-state index in [0.29, 0.717) is 5.92 Å². The van der Waals surface area contributed by atoms with Gasteiger partial charge in [-0.1, -0.05) is 49.0 Å². The van der Waals surface area contributed by atoms with Crippen LogP contribution in [0.25, 0.3) is 16.9 Å². The summed E-state index contributed by atoms with van der Waals surface area (Å²) in [7, 11) is 0. The summed E-state index contributed by atoms with van der Waals surface area (Å²) in [6.07, 6.45) is 3.87. The summed E-state index contributed by atoms with van der Waals surface area (Å²) in [5, 5.41) is 3.39. The van der Waals surface area contributed by atoms with Crippen molar-refractivity contribution in [2.75, 3.05) is 0 Å². The molecule has 1 N–H and O–H groups in total. The molecule has 0 amide bonds. The third kappa shape index (κ3) is 1.88. The first-order valence-electron chi connectivity index (χ1n) is 6.99. The van der Waals surface area contributed by atoms with Crippen LogP contribution in [0.5, 0.6) is 0 Å². The average Bonchev–Trinajstić information content (AvgIpc) is 2.81. The molecule has 1 aromatic carbocycles. The molecule has 0 radical (unpaired) electrons. The molecule has 1 aliphatic carbocycles. The summed E-state index contributed by atoms with van der Waals surface area (Å²) in [4.78, 5) is 4.73. The Kier molecular flexibility index (Phi) is 2.70. The van der Waals surface area contributed by atoms with Gasteiger partial charge in [0.15, 0.2) is 5.65 Å². The van der Waals surface area contributed by atoms with Gasteiger partial charge in [-0.3, -0.25) is 5.10 Å². The number of hydrogen-bond donors (Lipinski definition) is 1. The second-order valence-electron chi connectivity index (χ2n) is 5.38. The molecule has 2 heterocycles. The molecule has 20 heavy (non-hydrogen) atoms. The molecule has 1 saturated carbocycles. The highest BCUT2D eigenvalue weighted by Crippen LogP contribution is 2.35. The van der Waals surface area contributed by atoms with Gasteiger partial charge in [0.05, 0.1) is 5.69 Å². The molecule has 0 spiro atoms. The predicted octanol–water partition coefficient (Wildman–Crippen LogP) is 4.33. The molecule has 0 aliphatic heterocycles. The van der Waals surface area contributed by atoms with Gasteiger partial charge in [-0.2, -0.15) is 0 Å². The molecule has 2 aromatic heterocycles. The summed E-state index contributed by atoms with van der Waals surface area (Å²) >= 11 is 5.49. The smallest absolute Gasteiger partial charge is 0.155 e. The number of hydrogen-bond acceptors (Lipinski definition) is 2. The van der Waals surface area contributed by atoms with Crippen LogP contribution in [0.2, 0.25) is 0 Å². The summed E-state index contributed by atoms with van der Waals surface area (Å²) in [6, 6.07) is 14.3. The van der Waals surface area contributed by atoms with Gasteiger partial charge in [0, 0.05) is 29.3 Å². The minimum atomic E-state index is 0.659. The highest BCUT2D eigenvalue weighted by atomic mass is 32.1. The van der Waals surface area contributed by atoms with Crippen LogP contribution < -0.4 is 0 Å². The monoisotopic (exact) mass is 281 g/mol. The molecule has 1 fully saturated rings. The highest BCUT2D eigenvalue weighted by Gasteiger charge is 2.21. The van der Waals surface area contributed by atoms with Crippen molar-refractivity contribution in [3.8, 4) is 11.3 Å². The fourth-order valence-electron chi connectivity index (χ4n) is 2.69. The molecule has 3 nitrogen and oxygen atoms in total. The van der Waals surface area contributed by atoms with Crippen molar-refractivity contribution in [2.24, 2.45) is 0 Å². The van der Waals surface area contributed by atoms with E-state index in [1.54, 1.807) is 0 Å². The third-order valence-electron chi connectivity index (χ3n) is 4.08. The number of rotatable bonds is 2. The van der Waals surface area contributed by atoms with Crippen LogP contribution in [0, 0.1) is 4.64 Å². The van der Waals surface area contributed by atoms with E-state index in [-0.39, 0.29) is 0 Å². The lowest BCUT2D eigenvalue weighted by Crippen LogP contribution is -2.09. The standard InChI is InChI=1S/C16H15N3S/c20-16-10-13(11-5-2-1-3-6-11)17-15-9-14(18-19(15)16)12-7-4-8-12/h1-3,5-6,9-10,12,18H,4,7-8H2. The highest BCUT2D eigenvalue weighted by molar-refractivity contribution is 7.71. The number of H-pyrrole nitrogens is 1. The van der Waals surface area contributed by atoms with Crippen LogP contribution in [0.1, 0.15) is 30.9 Å². The number of nitrogens with zero attached hydrogens (tertiary/aromatic N) is 2. The SMILES string of the molecule is S=c1cc(-c2ccccc2)nc2cc(C3CCC3)[nH]n12. The number of benzene rings is 1. The van der Waals surface area contributed by atoms with E-state index in [4.69, 9.17) is 17.2 Å². The number of aromatic nitrogens is 3. The first-order chi connectivity index (χ1) is 9.81. The van der Waals surface area contributed by atoms with E-state index in [9.17, 15) is 0 Å². The van der Waals surface area contributed by atoms with Gasteiger partial charge in [-0.05, 0) is 12.8 Å². The Morgan fingerprint density at radius 1 is 1.15 bits per heavy atom. The molecule has 0 saturated heterocycles.